The molecular weight excluding hydrogens is 478 g/mol. The van der Waals surface area contributed by atoms with Crippen molar-refractivity contribution in [2.75, 3.05) is 0 Å². The second kappa shape index (κ2) is 11.1. The van der Waals surface area contributed by atoms with Gasteiger partial charge in [-0.1, -0.05) is 24.3 Å². The van der Waals surface area contributed by atoms with Crippen molar-refractivity contribution >= 4 is 6.08 Å². The van der Waals surface area contributed by atoms with Crippen LogP contribution in [0.5, 0.6) is 5.75 Å². The van der Waals surface area contributed by atoms with Crippen LogP contribution in [0.2, 0.25) is 0 Å². The van der Waals surface area contributed by atoms with Crippen molar-refractivity contribution in [3.63, 3.8) is 0 Å². The minimum atomic E-state index is -4.97. The number of hydrogen-bond donors (Lipinski definition) is 0. The Morgan fingerprint density at radius 1 is 0.750 bits per heavy atom. The van der Waals surface area contributed by atoms with Gasteiger partial charge in [0.1, 0.15) is 11.6 Å². The SMILES string of the molecule is C=CC1CCC(/C=C/c2cc(F)c(C3CCC(c4ccc(OC(F)(F)F)c(F)c4)CC3)c(F)c2)CC1. The maximum absolute atomic E-state index is 15.0. The second-order valence-electron chi connectivity index (χ2n) is 9.95. The zero-order chi connectivity index (χ0) is 25.9. The van der Waals surface area contributed by atoms with Crippen molar-refractivity contribution in [3.05, 3.63) is 83.2 Å². The molecule has 0 bridgehead atoms. The van der Waals surface area contributed by atoms with Crippen LogP contribution < -0.4 is 4.74 Å². The van der Waals surface area contributed by atoms with Crippen LogP contribution in [-0.4, -0.2) is 6.36 Å². The maximum Gasteiger partial charge on any atom is 0.573 e. The number of ether oxygens (including phenoxy) is 1. The van der Waals surface area contributed by atoms with Crippen LogP contribution >= 0.6 is 0 Å². The van der Waals surface area contributed by atoms with Crippen LogP contribution in [0.1, 0.15) is 79.9 Å². The molecule has 194 valence electrons. The van der Waals surface area contributed by atoms with Crippen LogP contribution in [0.3, 0.4) is 0 Å². The van der Waals surface area contributed by atoms with E-state index in [2.05, 4.69) is 11.3 Å². The van der Waals surface area contributed by atoms with E-state index in [0.717, 1.165) is 37.8 Å². The summed E-state index contributed by atoms with van der Waals surface area (Å²) in [6.45, 7) is 3.85. The van der Waals surface area contributed by atoms with Gasteiger partial charge in [-0.05, 0) is 110 Å². The van der Waals surface area contributed by atoms with E-state index in [-0.39, 0.29) is 17.4 Å². The zero-order valence-corrected chi connectivity index (χ0v) is 20.0. The van der Waals surface area contributed by atoms with Crippen molar-refractivity contribution in [3.8, 4) is 5.75 Å². The summed E-state index contributed by atoms with van der Waals surface area (Å²) in [6, 6.07) is 6.21. The van der Waals surface area contributed by atoms with Gasteiger partial charge in [0, 0.05) is 5.56 Å². The first-order chi connectivity index (χ1) is 17.1. The molecule has 0 unspecified atom stereocenters. The summed E-state index contributed by atoms with van der Waals surface area (Å²) in [7, 11) is 0. The van der Waals surface area contributed by atoms with Crippen LogP contribution in [0.4, 0.5) is 26.3 Å². The fourth-order valence-electron chi connectivity index (χ4n) is 5.60. The molecule has 0 saturated heterocycles. The largest absolute Gasteiger partial charge is 0.573 e. The van der Waals surface area contributed by atoms with Gasteiger partial charge < -0.3 is 4.74 Å². The second-order valence-corrected chi connectivity index (χ2v) is 9.95. The summed E-state index contributed by atoms with van der Waals surface area (Å²) in [5, 5.41) is 0. The van der Waals surface area contributed by atoms with Gasteiger partial charge in [0.25, 0.3) is 0 Å². The monoisotopic (exact) mass is 508 g/mol. The molecular formula is C29H30F6O. The molecule has 0 radical (unpaired) electrons. The van der Waals surface area contributed by atoms with Crippen molar-refractivity contribution in [1.29, 1.82) is 0 Å². The van der Waals surface area contributed by atoms with Gasteiger partial charge in [0.15, 0.2) is 11.6 Å². The summed E-state index contributed by atoms with van der Waals surface area (Å²) in [4.78, 5) is 0. The Morgan fingerprint density at radius 2 is 1.33 bits per heavy atom. The lowest BCUT2D eigenvalue weighted by atomic mass is 9.75. The van der Waals surface area contributed by atoms with Gasteiger partial charge in [-0.2, -0.15) is 0 Å². The Morgan fingerprint density at radius 3 is 1.89 bits per heavy atom. The Kier molecular flexibility index (Phi) is 8.16. The van der Waals surface area contributed by atoms with Crippen LogP contribution in [0.25, 0.3) is 6.08 Å². The van der Waals surface area contributed by atoms with Crippen LogP contribution in [0, 0.1) is 29.3 Å². The van der Waals surface area contributed by atoms with Crippen molar-refractivity contribution in [1.82, 2.24) is 0 Å². The standard InChI is InChI=1S/C29H30F6O/c1-2-18-3-5-19(6-4-18)7-8-20-15-25(31)28(26(32)16-20)22-11-9-21(10-12-22)23-13-14-27(24(30)17-23)36-29(33,34)35/h2,7-8,13-19,21-22H,1,3-6,9-12H2/b8-7+. The molecule has 0 N–H and O–H groups in total. The maximum atomic E-state index is 15.0. The highest BCUT2D eigenvalue weighted by Gasteiger charge is 2.33. The van der Waals surface area contributed by atoms with Gasteiger partial charge in [-0.25, -0.2) is 13.2 Å². The van der Waals surface area contributed by atoms with Crippen LogP contribution in [0.15, 0.2) is 49.1 Å². The average Bonchev–Trinajstić information content (AvgIpc) is 2.83. The highest BCUT2D eigenvalue weighted by Crippen LogP contribution is 2.43. The molecule has 2 aliphatic carbocycles. The molecule has 1 nitrogen and oxygen atoms in total. The average molecular weight is 509 g/mol. The molecule has 36 heavy (non-hydrogen) atoms. The fourth-order valence-corrected chi connectivity index (χ4v) is 5.60. The first kappa shape index (κ1) is 26.4. The summed E-state index contributed by atoms with van der Waals surface area (Å²) in [5.74, 6) is -2.52. The zero-order valence-electron chi connectivity index (χ0n) is 20.0. The van der Waals surface area contributed by atoms with Gasteiger partial charge in [-0.15, -0.1) is 19.8 Å². The van der Waals surface area contributed by atoms with E-state index in [1.54, 1.807) is 6.08 Å². The molecule has 0 heterocycles. The minimum Gasteiger partial charge on any atom is -0.403 e. The van der Waals surface area contributed by atoms with Crippen molar-refractivity contribution in [2.24, 2.45) is 11.8 Å². The van der Waals surface area contributed by atoms with E-state index in [1.165, 1.54) is 18.2 Å². The molecule has 2 aromatic carbocycles. The predicted octanol–water partition coefficient (Wildman–Crippen LogP) is 9.45. The molecule has 0 spiro atoms. The lowest BCUT2D eigenvalue weighted by Crippen LogP contribution is -2.18. The molecule has 2 saturated carbocycles. The molecule has 0 amide bonds. The summed E-state index contributed by atoms with van der Waals surface area (Å²) in [5.41, 5.74) is 1.14. The predicted molar refractivity (Wildman–Crippen MR) is 128 cm³/mol. The Balaban J connectivity index is 1.38. The molecule has 2 aromatic rings. The number of hydrogen-bond acceptors (Lipinski definition) is 1. The Labute approximate surface area is 207 Å². The van der Waals surface area contributed by atoms with E-state index < -0.39 is 29.6 Å². The highest BCUT2D eigenvalue weighted by molar-refractivity contribution is 5.51. The summed E-state index contributed by atoms with van der Waals surface area (Å²) >= 11 is 0. The summed E-state index contributed by atoms with van der Waals surface area (Å²) < 4.78 is 84.8. The number of rotatable bonds is 6. The highest BCUT2D eigenvalue weighted by atomic mass is 19.4. The Bertz CT molecular complexity index is 1070. The van der Waals surface area contributed by atoms with E-state index in [1.807, 2.05) is 12.2 Å². The normalized spacial score (nSPS) is 25.2. The van der Waals surface area contributed by atoms with E-state index in [0.29, 0.717) is 48.6 Å². The minimum absolute atomic E-state index is 0.0807. The molecule has 2 fully saturated rings. The lowest BCUT2D eigenvalue weighted by Gasteiger charge is -2.29. The molecule has 7 heteroatoms. The smallest absolute Gasteiger partial charge is 0.403 e. The van der Waals surface area contributed by atoms with Gasteiger partial charge in [-0.3, -0.25) is 0 Å². The van der Waals surface area contributed by atoms with E-state index in [9.17, 15) is 26.3 Å². The third kappa shape index (κ3) is 6.54. The van der Waals surface area contributed by atoms with Crippen LogP contribution in [-0.2, 0) is 0 Å². The first-order valence-electron chi connectivity index (χ1n) is 12.5. The summed E-state index contributed by atoms with van der Waals surface area (Å²) in [6.07, 6.45) is 7.24. The molecule has 2 aliphatic rings. The number of halogens is 6. The molecule has 0 atom stereocenters. The third-order valence-corrected chi connectivity index (χ3v) is 7.60. The number of benzene rings is 2. The topological polar surface area (TPSA) is 9.23 Å². The number of allylic oxidation sites excluding steroid dienone is 2. The third-order valence-electron chi connectivity index (χ3n) is 7.60. The van der Waals surface area contributed by atoms with Crippen molar-refractivity contribution < 1.29 is 31.1 Å². The fraction of sp³-hybridized carbons (Fsp3) is 0.448. The van der Waals surface area contributed by atoms with Gasteiger partial charge >= 0.3 is 6.36 Å². The quantitative estimate of drug-likeness (QED) is 0.279. The molecule has 0 aliphatic heterocycles. The van der Waals surface area contributed by atoms with Gasteiger partial charge in [0.05, 0.1) is 0 Å². The molecule has 4 rings (SSSR count). The molecule has 0 aromatic heterocycles. The Hall–Kier alpha value is -2.70. The van der Waals surface area contributed by atoms with Gasteiger partial charge in [0.2, 0.25) is 0 Å². The van der Waals surface area contributed by atoms with Crippen molar-refractivity contribution in [2.45, 2.75) is 69.6 Å². The lowest BCUT2D eigenvalue weighted by molar-refractivity contribution is -0.275. The van der Waals surface area contributed by atoms with E-state index in [4.69, 9.17) is 0 Å². The number of alkyl halides is 3. The van der Waals surface area contributed by atoms with E-state index >= 15 is 0 Å². The first-order valence-corrected chi connectivity index (χ1v) is 12.5.